The molecule has 2 heterocycles. The van der Waals surface area contributed by atoms with Crippen molar-refractivity contribution >= 4 is 35.1 Å². The van der Waals surface area contributed by atoms with Crippen LogP contribution in [-0.2, 0) is 9.59 Å². The summed E-state index contributed by atoms with van der Waals surface area (Å²) in [6.07, 6.45) is 0.972. The maximum atomic E-state index is 12.4. The summed E-state index contributed by atoms with van der Waals surface area (Å²) < 4.78 is 0.955. The smallest absolute Gasteiger partial charge is 0.168 e. The Morgan fingerprint density at radius 2 is 1.38 bits per heavy atom. The van der Waals surface area contributed by atoms with E-state index in [4.69, 9.17) is 0 Å². The van der Waals surface area contributed by atoms with Gasteiger partial charge in [-0.25, -0.2) is 0 Å². The van der Waals surface area contributed by atoms with Crippen LogP contribution in [0.25, 0.3) is 0 Å². The molecule has 1 saturated carbocycles. The molecule has 1 aliphatic carbocycles. The van der Waals surface area contributed by atoms with Gasteiger partial charge in [0.05, 0.1) is 20.6 Å². The van der Waals surface area contributed by atoms with E-state index in [0.717, 1.165) is 17.3 Å². The molecule has 2 atom stereocenters. The van der Waals surface area contributed by atoms with E-state index in [9.17, 15) is 9.59 Å². The zero-order valence-electron chi connectivity index (χ0n) is 13.0. The zero-order valence-corrected chi connectivity index (χ0v) is 14.6. The third-order valence-corrected chi connectivity index (χ3v) is 7.72. The predicted molar refractivity (Wildman–Crippen MR) is 88.1 cm³/mol. The first kappa shape index (κ1) is 15.6. The van der Waals surface area contributed by atoms with Crippen LogP contribution in [0.3, 0.4) is 0 Å². The second-order valence-electron chi connectivity index (χ2n) is 7.00. The molecule has 3 fully saturated rings. The Balaban J connectivity index is 1.90. The third kappa shape index (κ3) is 2.83. The van der Waals surface area contributed by atoms with Gasteiger partial charge in [-0.05, 0) is 19.5 Å². The van der Waals surface area contributed by atoms with Gasteiger partial charge in [0.2, 0.25) is 0 Å². The van der Waals surface area contributed by atoms with Gasteiger partial charge in [-0.15, -0.1) is 0 Å². The van der Waals surface area contributed by atoms with E-state index < -0.39 is 0 Å². The lowest BCUT2D eigenvalue weighted by molar-refractivity contribution is -0.127. The van der Waals surface area contributed by atoms with E-state index in [1.807, 2.05) is 13.8 Å². The molecule has 6 heteroatoms. The van der Waals surface area contributed by atoms with E-state index in [0.29, 0.717) is 29.2 Å². The van der Waals surface area contributed by atoms with Crippen LogP contribution in [0.4, 0.5) is 0 Å². The highest BCUT2D eigenvalue weighted by molar-refractivity contribution is 8.26. The molecule has 116 valence electrons. The summed E-state index contributed by atoms with van der Waals surface area (Å²) in [5.74, 6) is 0.0745. The molecule has 2 unspecified atom stereocenters. The van der Waals surface area contributed by atoms with E-state index in [2.05, 4.69) is 23.9 Å². The molecule has 21 heavy (non-hydrogen) atoms. The molecular weight excluding hydrogens is 304 g/mol. The number of nitrogens with zero attached hydrogens (tertiary/aromatic N) is 2. The van der Waals surface area contributed by atoms with Crippen LogP contribution in [0.5, 0.6) is 0 Å². The van der Waals surface area contributed by atoms with Crippen LogP contribution >= 0.6 is 23.5 Å². The average molecular weight is 326 g/mol. The quantitative estimate of drug-likeness (QED) is 0.502. The minimum absolute atomic E-state index is 0.0372. The Morgan fingerprint density at radius 3 is 1.81 bits per heavy atom. The number of carbonyl (C=O) groups is 2. The fourth-order valence-corrected chi connectivity index (χ4v) is 6.65. The van der Waals surface area contributed by atoms with Gasteiger partial charge in [0.15, 0.2) is 11.6 Å². The molecule has 0 spiro atoms. The van der Waals surface area contributed by atoms with Crippen molar-refractivity contribution in [1.82, 2.24) is 9.80 Å². The summed E-state index contributed by atoms with van der Waals surface area (Å²) in [4.78, 5) is 29.5. The van der Waals surface area contributed by atoms with Gasteiger partial charge < -0.3 is 0 Å². The Labute approximate surface area is 134 Å². The molecule has 2 saturated heterocycles. The van der Waals surface area contributed by atoms with Gasteiger partial charge in [-0.3, -0.25) is 19.4 Å². The summed E-state index contributed by atoms with van der Waals surface area (Å²) in [5.41, 5.74) is 0.299. The van der Waals surface area contributed by atoms with E-state index in [1.165, 1.54) is 0 Å². The van der Waals surface area contributed by atoms with Gasteiger partial charge in [-0.2, -0.15) is 0 Å². The number of rotatable bonds is 0. The Morgan fingerprint density at radius 1 is 0.952 bits per heavy atom. The number of Topliss-reactive ketones (excluding diaryl/α,β-unsaturated/α-hetero) is 2. The van der Waals surface area contributed by atoms with Gasteiger partial charge in [0.1, 0.15) is 0 Å². The van der Waals surface area contributed by atoms with Crippen LogP contribution in [0.15, 0.2) is 9.81 Å². The highest BCUT2D eigenvalue weighted by Crippen LogP contribution is 2.53. The lowest BCUT2D eigenvalue weighted by Crippen LogP contribution is -2.52. The van der Waals surface area contributed by atoms with E-state index in [1.54, 1.807) is 23.5 Å². The molecule has 0 amide bonds. The molecule has 4 nitrogen and oxygen atoms in total. The number of fused-ring (bicyclic) bond motifs is 1. The summed E-state index contributed by atoms with van der Waals surface area (Å²) in [6, 6.07) is 0. The number of piperazine rings is 1. The second kappa shape index (κ2) is 5.41. The zero-order chi connectivity index (χ0) is 15.4. The van der Waals surface area contributed by atoms with Crippen molar-refractivity contribution in [2.75, 3.05) is 27.2 Å². The Hall–Kier alpha value is -0.300. The lowest BCUT2D eigenvalue weighted by Gasteiger charge is -2.39. The minimum Gasteiger partial charge on any atom is -0.294 e. The summed E-state index contributed by atoms with van der Waals surface area (Å²) in [6.45, 7) is 6.06. The van der Waals surface area contributed by atoms with Gasteiger partial charge in [0.25, 0.3) is 0 Å². The van der Waals surface area contributed by atoms with Crippen molar-refractivity contribution in [3.05, 3.63) is 9.81 Å². The second-order valence-corrected chi connectivity index (χ2v) is 9.52. The third-order valence-electron chi connectivity index (χ3n) is 4.41. The van der Waals surface area contributed by atoms with Crippen LogP contribution in [-0.4, -0.2) is 59.3 Å². The Kier molecular flexibility index (Phi) is 4.01. The number of hydrogen-bond acceptors (Lipinski definition) is 6. The Bertz CT molecular complexity index is 488. The van der Waals surface area contributed by atoms with Crippen molar-refractivity contribution in [3.63, 3.8) is 0 Å². The molecule has 0 radical (unpaired) electrons. The SMILES string of the molecule is CN1CCN(C)C2SC(=C3C(=O)CC(C)(C)CC3=O)SC21. The first-order chi connectivity index (χ1) is 9.78. The molecule has 0 aromatic heterocycles. The topological polar surface area (TPSA) is 40.6 Å². The summed E-state index contributed by atoms with van der Waals surface area (Å²) >= 11 is 3.41. The van der Waals surface area contributed by atoms with Crippen LogP contribution in [0.1, 0.15) is 26.7 Å². The standard InChI is InChI=1S/C15H22N2O2S2/c1-15(2)7-9(18)11(10(19)8-15)14-20-12-13(21-14)17(4)6-5-16(12)3/h12-13H,5-8H2,1-4H3. The van der Waals surface area contributed by atoms with Gasteiger partial charge in [0, 0.05) is 25.9 Å². The predicted octanol–water partition coefficient (Wildman–Crippen LogP) is 2.17. The molecule has 2 aliphatic heterocycles. The van der Waals surface area contributed by atoms with Gasteiger partial charge in [-0.1, -0.05) is 37.4 Å². The van der Waals surface area contributed by atoms with Crippen molar-refractivity contribution in [3.8, 4) is 0 Å². The largest absolute Gasteiger partial charge is 0.294 e. The van der Waals surface area contributed by atoms with Crippen LogP contribution in [0, 0.1) is 5.41 Å². The number of likely N-dealkylation sites (N-methyl/N-ethyl adjacent to an activating group) is 2. The number of hydrogen-bond donors (Lipinski definition) is 0. The summed E-state index contributed by atoms with van der Waals surface area (Å²) in [7, 11) is 4.25. The number of thioether (sulfide) groups is 2. The fraction of sp³-hybridized carbons (Fsp3) is 0.733. The van der Waals surface area contributed by atoms with Crippen LogP contribution < -0.4 is 0 Å². The summed E-state index contributed by atoms with van der Waals surface area (Å²) in [5, 5.41) is 0.679. The van der Waals surface area contributed by atoms with Crippen molar-refractivity contribution in [2.24, 2.45) is 5.41 Å². The molecule has 0 N–H and O–H groups in total. The normalized spacial score (nSPS) is 34.5. The highest BCUT2D eigenvalue weighted by Gasteiger charge is 2.45. The monoisotopic (exact) mass is 326 g/mol. The van der Waals surface area contributed by atoms with Gasteiger partial charge >= 0.3 is 0 Å². The molecule has 0 aromatic carbocycles. The maximum absolute atomic E-state index is 12.4. The number of carbonyl (C=O) groups excluding carboxylic acids is 2. The number of allylic oxidation sites excluding steroid dienone is 1. The molecular formula is C15H22N2O2S2. The first-order valence-electron chi connectivity index (χ1n) is 7.33. The van der Waals surface area contributed by atoms with Crippen molar-refractivity contribution in [2.45, 2.75) is 37.4 Å². The molecule has 3 aliphatic rings. The fourth-order valence-electron chi connectivity index (χ4n) is 3.16. The molecule has 0 bridgehead atoms. The number of ketones is 2. The minimum atomic E-state index is -0.188. The van der Waals surface area contributed by atoms with Crippen LogP contribution in [0.2, 0.25) is 0 Å². The molecule has 3 rings (SSSR count). The van der Waals surface area contributed by atoms with E-state index >= 15 is 0 Å². The molecule has 0 aromatic rings. The highest BCUT2D eigenvalue weighted by atomic mass is 32.2. The maximum Gasteiger partial charge on any atom is 0.168 e. The lowest BCUT2D eigenvalue weighted by atomic mass is 9.74. The first-order valence-corrected chi connectivity index (χ1v) is 9.09. The van der Waals surface area contributed by atoms with Crippen molar-refractivity contribution in [1.29, 1.82) is 0 Å². The van der Waals surface area contributed by atoms with E-state index in [-0.39, 0.29) is 17.0 Å². The average Bonchev–Trinajstić information content (AvgIpc) is 2.77. The van der Waals surface area contributed by atoms with Crippen molar-refractivity contribution < 1.29 is 9.59 Å².